The van der Waals surface area contributed by atoms with E-state index in [1.54, 1.807) is 0 Å². The van der Waals surface area contributed by atoms with E-state index in [1.807, 2.05) is 30.1 Å². The topological polar surface area (TPSA) is 64.7 Å². The van der Waals surface area contributed by atoms with Crippen molar-refractivity contribution in [3.63, 3.8) is 0 Å². The summed E-state index contributed by atoms with van der Waals surface area (Å²) >= 11 is 0. The predicted molar refractivity (Wildman–Crippen MR) is 107 cm³/mol. The van der Waals surface area contributed by atoms with E-state index >= 15 is 0 Å². The molecule has 0 atom stereocenters. The number of hydrogen-bond donors (Lipinski definition) is 2. The maximum absolute atomic E-state index is 13.2. The smallest absolute Gasteiger partial charge is 0.255 e. The van der Waals surface area contributed by atoms with Crippen LogP contribution in [-0.2, 0) is 4.79 Å². The van der Waals surface area contributed by atoms with Gasteiger partial charge in [-0.25, -0.2) is 0 Å². The molecule has 0 spiro atoms. The van der Waals surface area contributed by atoms with Crippen molar-refractivity contribution in [2.24, 2.45) is 5.92 Å². The number of nitrogens with zero attached hydrogens (tertiary/aromatic N) is 2. The van der Waals surface area contributed by atoms with Crippen molar-refractivity contribution in [3.8, 4) is 0 Å². The number of piperidine rings is 1. The van der Waals surface area contributed by atoms with Gasteiger partial charge < -0.3 is 20.4 Å². The highest BCUT2D eigenvalue weighted by molar-refractivity contribution is 6.02. The molecule has 2 N–H and O–H groups in total. The van der Waals surface area contributed by atoms with Crippen molar-refractivity contribution in [1.82, 2.24) is 10.2 Å². The second-order valence-corrected chi connectivity index (χ2v) is 8.04. The van der Waals surface area contributed by atoms with Crippen LogP contribution < -0.4 is 15.5 Å². The van der Waals surface area contributed by atoms with Crippen molar-refractivity contribution in [2.75, 3.05) is 43.4 Å². The van der Waals surface area contributed by atoms with Crippen molar-refractivity contribution in [1.29, 1.82) is 0 Å². The Morgan fingerprint density at radius 1 is 1.00 bits per heavy atom. The van der Waals surface area contributed by atoms with Crippen molar-refractivity contribution in [2.45, 2.75) is 44.6 Å². The molecular formula is C21H30N4O2. The van der Waals surface area contributed by atoms with Gasteiger partial charge in [0, 0.05) is 43.8 Å². The quantitative estimate of drug-likeness (QED) is 0.836. The molecule has 2 amide bonds. The van der Waals surface area contributed by atoms with Crippen LogP contribution in [0.3, 0.4) is 0 Å². The summed E-state index contributed by atoms with van der Waals surface area (Å²) in [6.07, 6.45) is 6.28. The van der Waals surface area contributed by atoms with Crippen LogP contribution in [0, 0.1) is 5.92 Å². The highest BCUT2D eigenvalue weighted by Gasteiger charge is 2.30. The van der Waals surface area contributed by atoms with Gasteiger partial charge in [0.15, 0.2) is 0 Å². The molecule has 6 nitrogen and oxygen atoms in total. The SMILES string of the molecule is CNC1CCN(C(=O)c2ccc(NC(=O)C3CC3)cc2N2CCCC2)CC1. The number of rotatable bonds is 5. The molecule has 0 aromatic heterocycles. The zero-order valence-electron chi connectivity index (χ0n) is 16.2. The van der Waals surface area contributed by atoms with Crippen LogP contribution in [0.5, 0.6) is 0 Å². The lowest BCUT2D eigenvalue weighted by molar-refractivity contribution is -0.117. The first-order chi connectivity index (χ1) is 13.2. The molecule has 1 aromatic carbocycles. The van der Waals surface area contributed by atoms with Gasteiger partial charge >= 0.3 is 0 Å². The first-order valence-corrected chi connectivity index (χ1v) is 10.3. The van der Waals surface area contributed by atoms with Gasteiger partial charge in [0.1, 0.15) is 0 Å². The average molecular weight is 370 g/mol. The van der Waals surface area contributed by atoms with E-state index in [4.69, 9.17) is 0 Å². The molecule has 1 saturated carbocycles. The van der Waals surface area contributed by atoms with E-state index in [1.165, 1.54) is 0 Å². The number of nitrogens with one attached hydrogen (secondary N) is 2. The Balaban J connectivity index is 1.54. The number of hydrogen-bond acceptors (Lipinski definition) is 4. The van der Waals surface area contributed by atoms with Crippen molar-refractivity contribution in [3.05, 3.63) is 23.8 Å². The third-order valence-electron chi connectivity index (χ3n) is 6.08. The number of carbonyl (C=O) groups is 2. The zero-order valence-corrected chi connectivity index (χ0v) is 16.2. The Morgan fingerprint density at radius 2 is 1.70 bits per heavy atom. The number of anilines is 2. The summed E-state index contributed by atoms with van der Waals surface area (Å²) in [6, 6.07) is 6.29. The minimum atomic E-state index is 0.107. The van der Waals surface area contributed by atoms with E-state index < -0.39 is 0 Å². The van der Waals surface area contributed by atoms with E-state index in [0.717, 1.165) is 81.6 Å². The lowest BCUT2D eigenvalue weighted by Gasteiger charge is -2.33. The molecule has 1 aliphatic carbocycles. The van der Waals surface area contributed by atoms with Gasteiger partial charge in [0.2, 0.25) is 5.91 Å². The molecule has 2 heterocycles. The fourth-order valence-electron chi connectivity index (χ4n) is 4.14. The zero-order chi connectivity index (χ0) is 18.8. The largest absolute Gasteiger partial charge is 0.371 e. The monoisotopic (exact) mass is 370 g/mol. The Labute approximate surface area is 161 Å². The molecule has 4 rings (SSSR count). The lowest BCUT2D eigenvalue weighted by Crippen LogP contribution is -2.44. The number of amides is 2. The summed E-state index contributed by atoms with van der Waals surface area (Å²) in [7, 11) is 1.99. The Hall–Kier alpha value is -2.08. The summed E-state index contributed by atoms with van der Waals surface area (Å²) in [5, 5.41) is 6.34. The van der Waals surface area contributed by atoms with Crippen LogP contribution >= 0.6 is 0 Å². The van der Waals surface area contributed by atoms with Crippen molar-refractivity contribution >= 4 is 23.2 Å². The molecular weight excluding hydrogens is 340 g/mol. The Kier molecular flexibility index (Phi) is 5.34. The first kappa shape index (κ1) is 18.3. The molecule has 27 heavy (non-hydrogen) atoms. The average Bonchev–Trinajstić information content (AvgIpc) is 3.42. The molecule has 3 fully saturated rings. The summed E-state index contributed by atoms with van der Waals surface area (Å²) in [5.41, 5.74) is 2.55. The maximum atomic E-state index is 13.2. The molecule has 3 aliphatic rings. The lowest BCUT2D eigenvalue weighted by atomic mass is 10.0. The van der Waals surface area contributed by atoms with Gasteiger partial charge in [0.05, 0.1) is 11.3 Å². The van der Waals surface area contributed by atoms with Crippen LogP contribution in [-0.4, -0.2) is 56.0 Å². The molecule has 146 valence electrons. The third-order valence-corrected chi connectivity index (χ3v) is 6.08. The van der Waals surface area contributed by atoms with Gasteiger partial charge in [-0.2, -0.15) is 0 Å². The highest BCUT2D eigenvalue weighted by atomic mass is 16.2. The van der Waals surface area contributed by atoms with Crippen LogP contribution in [0.1, 0.15) is 48.9 Å². The summed E-state index contributed by atoms with van der Waals surface area (Å²) in [5.74, 6) is 0.400. The number of likely N-dealkylation sites (tertiary alicyclic amines) is 1. The Morgan fingerprint density at radius 3 is 2.33 bits per heavy atom. The molecule has 2 saturated heterocycles. The van der Waals surface area contributed by atoms with E-state index in [2.05, 4.69) is 15.5 Å². The van der Waals surface area contributed by atoms with Crippen LogP contribution in [0.4, 0.5) is 11.4 Å². The minimum absolute atomic E-state index is 0.107. The van der Waals surface area contributed by atoms with Crippen LogP contribution in [0.25, 0.3) is 0 Å². The van der Waals surface area contributed by atoms with Gasteiger partial charge in [-0.3, -0.25) is 9.59 Å². The molecule has 0 unspecified atom stereocenters. The molecule has 1 aromatic rings. The second-order valence-electron chi connectivity index (χ2n) is 8.04. The molecule has 2 aliphatic heterocycles. The second kappa shape index (κ2) is 7.89. The minimum Gasteiger partial charge on any atom is -0.371 e. The molecule has 0 bridgehead atoms. The van der Waals surface area contributed by atoms with Crippen molar-refractivity contribution < 1.29 is 9.59 Å². The summed E-state index contributed by atoms with van der Waals surface area (Å²) in [6.45, 7) is 3.54. The fraction of sp³-hybridized carbons (Fsp3) is 0.619. The van der Waals surface area contributed by atoms with E-state index in [9.17, 15) is 9.59 Å². The van der Waals surface area contributed by atoms with Crippen LogP contribution in [0.2, 0.25) is 0 Å². The van der Waals surface area contributed by atoms with Crippen LogP contribution in [0.15, 0.2) is 18.2 Å². The van der Waals surface area contributed by atoms with E-state index in [-0.39, 0.29) is 17.7 Å². The third kappa shape index (κ3) is 4.10. The number of benzene rings is 1. The van der Waals surface area contributed by atoms with Gasteiger partial charge in [0.25, 0.3) is 5.91 Å². The predicted octanol–water partition coefficient (Wildman–Crippen LogP) is 2.46. The van der Waals surface area contributed by atoms with Gasteiger partial charge in [-0.15, -0.1) is 0 Å². The highest BCUT2D eigenvalue weighted by Crippen LogP contribution is 2.33. The standard InChI is InChI=1S/C21H30N4O2/c1-22-16-8-12-25(13-9-16)21(27)18-7-6-17(23-20(26)15-4-5-15)14-19(18)24-10-2-3-11-24/h6-7,14-16,22H,2-5,8-13H2,1H3,(H,23,26). The molecule has 6 heteroatoms. The normalized spacial score (nSPS) is 20.8. The van der Waals surface area contributed by atoms with Gasteiger partial charge in [-0.1, -0.05) is 0 Å². The maximum Gasteiger partial charge on any atom is 0.255 e. The fourth-order valence-corrected chi connectivity index (χ4v) is 4.14. The first-order valence-electron chi connectivity index (χ1n) is 10.3. The Bertz CT molecular complexity index is 702. The van der Waals surface area contributed by atoms with Gasteiger partial charge in [-0.05, 0) is 63.8 Å². The molecule has 0 radical (unpaired) electrons. The number of carbonyl (C=O) groups excluding carboxylic acids is 2. The summed E-state index contributed by atoms with van der Waals surface area (Å²) < 4.78 is 0. The van der Waals surface area contributed by atoms with E-state index in [0.29, 0.717) is 6.04 Å². The summed E-state index contributed by atoms with van der Waals surface area (Å²) in [4.78, 5) is 29.6.